The molecule has 0 aromatic carbocycles. The van der Waals surface area contributed by atoms with E-state index in [4.69, 9.17) is 6.92 Å². The standard InChI is InChI=1S/C8H17N/c1-5-9-8(4)6-7(2)3/h1,7-9H,5-6H2,2-4H3. The summed E-state index contributed by atoms with van der Waals surface area (Å²) in [5, 5.41) is 3.15. The first-order valence-electron chi connectivity index (χ1n) is 3.60. The van der Waals surface area contributed by atoms with E-state index in [0.29, 0.717) is 12.6 Å². The van der Waals surface area contributed by atoms with E-state index >= 15 is 0 Å². The molecule has 0 amide bonds. The molecule has 1 N–H and O–H groups in total. The van der Waals surface area contributed by atoms with Crippen LogP contribution in [0.3, 0.4) is 0 Å². The molecule has 0 aliphatic carbocycles. The molecule has 54 valence electrons. The predicted octanol–water partition coefficient (Wildman–Crippen LogP) is 1.72. The van der Waals surface area contributed by atoms with Gasteiger partial charge in [0.2, 0.25) is 0 Å². The zero-order chi connectivity index (χ0) is 7.28. The quantitative estimate of drug-likeness (QED) is 0.606. The molecule has 9 heavy (non-hydrogen) atoms. The fraction of sp³-hybridized carbons (Fsp3) is 0.875. The van der Waals surface area contributed by atoms with Gasteiger partial charge in [0.15, 0.2) is 0 Å². The summed E-state index contributed by atoms with van der Waals surface area (Å²) in [5.74, 6) is 0.763. The van der Waals surface area contributed by atoms with Gasteiger partial charge in [-0.2, -0.15) is 0 Å². The number of hydrogen-bond donors (Lipinski definition) is 1. The van der Waals surface area contributed by atoms with Gasteiger partial charge in [-0.25, -0.2) is 0 Å². The predicted molar refractivity (Wildman–Crippen MR) is 41.2 cm³/mol. The van der Waals surface area contributed by atoms with Gasteiger partial charge in [0.25, 0.3) is 0 Å². The first kappa shape index (κ1) is 8.96. The molecule has 0 fully saturated rings. The molecule has 0 saturated heterocycles. The Kier molecular flexibility index (Phi) is 4.78. The number of hydrogen-bond acceptors (Lipinski definition) is 1. The Morgan fingerprint density at radius 2 is 1.89 bits per heavy atom. The molecule has 0 rings (SSSR count). The summed E-state index contributed by atoms with van der Waals surface area (Å²) >= 11 is 0. The van der Waals surface area contributed by atoms with Crippen LogP contribution in [0, 0.1) is 12.8 Å². The first-order valence-corrected chi connectivity index (χ1v) is 3.60. The van der Waals surface area contributed by atoms with Gasteiger partial charge in [-0.05, 0) is 32.7 Å². The van der Waals surface area contributed by atoms with Crippen molar-refractivity contribution >= 4 is 0 Å². The fourth-order valence-electron chi connectivity index (χ4n) is 0.992. The molecule has 0 aliphatic heterocycles. The summed E-state index contributed by atoms with van der Waals surface area (Å²) in [6.07, 6.45) is 1.21. The Morgan fingerprint density at radius 1 is 1.33 bits per heavy atom. The summed E-state index contributed by atoms with van der Waals surface area (Å²) in [4.78, 5) is 0. The Labute approximate surface area is 58.8 Å². The summed E-state index contributed by atoms with van der Waals surface area (Å²) < 4.78 is 0. The van der Waals surface area contributed by atoms with Gasteiger partial charge < -0.3 is 5.32 Å². The van der Waals surface area contributed by atoms with Gasteiger partial charge in [0, 0.05) is 6.04 Å². The monoisotopic (exact) mass is 127 g/mol. The average Bonchev–Trinajstić information content (AvgIpc) is 1.63. The highest BCUT2D eigenvalue weighted by atomic mass is 14.9. The molecule has 0 bridgehead atoms. The van der Waals surface area contributed by atoms with Crippen LogP contribution in [0.2, 0.25) is 0 Å². The smallest absolute Gasteiger partial charge is 0.00412 e. The third kappa shape index (κ3) is 5.84. The second-order valence-electron chi connectivity index (χ2n) is 2.94. The van der Waals surface area contributed by atoms with Crippen LogP contribution in [-0.4, -0.2) is 12.6 Å². The second kappa shape index (κ2) is 4.80. The number of rotatable bonds is 4. The van der Waals surface area contributed by atoms with Crippen molar-refractivity contribution < 1.29 is 0 Å². The molecule has 0 spiro atoms. The molecular formula is C8H17N. The van der Waals surface area contributed by atoms with Crippen molar-refractivity contribution in [3.05, 3.63) is 6.92 Å². The van der Waals surface area contributed by atoms with Crippen LogP contribution in [0.1, 0.15) is 27.2 Å². The van der Waals surface area contributed by atoms with Crippen molar-refractivity contribution in [2.45, 2.75) is 33.2 Å². The summed E-state index contributed by atoms with van der Waals surface area (Å²) in [5.41, 5.74) is 0. The van der Waals surface area contributed by atoms with Crippen molar-refractivity contribution in [1.29, 1.82) is 0 Å². The maximum absolute atomic E-state index is 5.29. The lowest BCUT2D eigenvalue weighted by Crippen LogP contribution is -2.26. The van der Waals surface area contributed by atoms with E-state index in [1.54, 1.807) is 0 Å². The topological polar surface area (TPSA) is 12.0 Å². The highest BCUT2D eigenvalue weighted by Gasteiger charge is 2.01. The van der Waals surface area contributed by atoms with E-state index in [1.807, 2.05) is 0 Å². The average molecular weight is 127 g/mol. The second-order valence-corrected chi connectivity index (χ2v) is 2.94. The minimum absolute atomic E-state index is 0.565. The molecule has 1 unspecified atom stereocenters. The molecular weight excluding hydrogens is 110 g/mol. The van der Waals surface area contributed by atoms with E-state index in [9.17, 15) is 0 Å². The highest BCUT2D eigenvalue weighted by Crippen LogP contribution is 2.02. The third-order valence-corrected chi connectivity index (χ3v) is 1.29. The van der Waals surface area contributed by atoms with Crippen molar-refractivity contribution in [2.75, 3.05) is 6.54 Å². The number of nitrogens with one attached hydrogen (secondary N) is 1. The van der Waals surface area contributed by atoms with E-state index in [-0.39, 0.29) is 0 Å². The summed E-state index contributed by atoms with van der Waals surface area (Å²) in [6, 6.07) is 0.565. The van der Waals surface area contributed by atoms with E-state index in [0.717, 1.165) is 5.92 Å². The summed E-state index contributed by atoms with van der Waals surface area (Å²) in [6.45, 7) is 12.5. The lowest BCUT2D eigenvalue weighted by molar-refractivity contribution is 0.457. The molecule has 0 heterocycles. The molecule has 2 radical (unpaired) electrons. The van der Waals surface area contributed by atoms with Crippen LogP contribution < -0.4 is 5.32 Å². The maximum Gasteiger partial charge on any atom is 0.00412 e. The van der Waals surface area contributed by atoms with Crippen LogP contribution in [-0.2, 0) is 0 Å². The van der Waals surface area contributed by atoms with Crippen LogP contribution >= 0.6 is 0 Å². The zero-order valence-corrected chi connectivity index (χ0v) is 6.65. The molecule has 1 heteroatoms. The van der Waals surface area contributed by atoms with Gasteiger partial charge in [0.1, 0.15) is 0 Å². The van der Waals surface area contributed by atoms with E-state index in [2.05, 4.69) is 26.1 Å². The molecule has 0 aromatic heterocycles. The van der Waals surface area contributed by atoms with E-state index < -0.39 is 0 Å². The molecule has 1 nitrogen and oxygen atoms in total. The van der Waals surface area contributed by atoms with Gasteiger partial charge in [0.05, 0.1) is 0 Å². The maximum atomic E-state index is 5.29. The lowest BCUT2D eigenvalue weighted by atomic mass is 10.1. The van der Waals surface area contributed by atoms with Crippen LogP contribution in [0.15, 0.2) is 0 Å². The van der Waals surface area contributed by atoms with Gasteiger partial charge in [-0.15, -0.1) is 0 Å². The molecule has 1 atom stereocenters. The van der Waals surface area contributed by atoms with Gasteiger partial charge in [-0.1, -0.05) is 13.8 Å². The van der Waals surface area contributed by atoms with E-state index in [1.165, 1.54) is 6.42 Å². The Hall–Kier alpha value is -0.0400. The van der Waals surface area contributed by atoms with Crippen molar-refractivity contribution in [2.24, 2.45) is 5.92 Å². The minimum atomic E-state index is 0.565. The summed E-state index contributed by atoms with van der Waals surface area (Å²) in [7, 11) is 0. The Morgan fingerprint density at radius 3 is 2.22 bits per heavy atom. The van der Waals surface area contributed by atoms with Crippen molar-refractivity contribution in [1.82, 2.24) is 5.32 Å². The van der Waals surface area contributed by atoms with Crippen LogP contribution in [0.25, 0.3) is 0 Å². The Balaban J connectivity index is 3.15. The molecule has 0 aliphatic rings. The zero-order valence-electron chi connectivity index (χ0n) is 6.65. The fourth-order valence-corrected chi connectivity index (χ4v) is 0.992. The normalized spacial score (nSPS) is 14.3. The van der Waals surface area contributed by atoms with Crippen molar-refractivity contribution in [3.8, 4) is 0 Å². The van der Waals surface area contributed by atoms with Gasteiger partial charge >= 0.3 is 0 Å². The van der Waals surface area contributed by atoms with Crippen LogP contribution in [0.5, 0.6) is 0 Å². The SMILES string of the molecule is [CH]CNC(C)CC(C)C. The first-order chi connectivity index (χ1) is 4.16. The molecule has 0 saturated carbocycles. The van der Waals surface area contributed by atoms with Crippen LogP contribution in [0.4, 0.5) is 0 Å². The largest absolute Gasteiger partial charge is 0.314 e. The minimum Gasteiger partial charge on any atom is -0.314 e. The molecule has 0 aromatic rings. The Bertz CT molecular complexity index is 59.6. The highest BCUT2D eigenvalue weighted by molar-refractivity contribution is 4.62. The third-order valence-electron chi connectivity index (χ3n) is 1.29. The lowest BCUT2D eigenvalue weighted by Gasteiger charge is -2.13. The van der Waals surface area contributed by atoms with Gasteiger partial charge in [-0.3, -0.25) is 0 Å². The van der Waals surface area contributed by atoms with Crippen molar-refractivity contribution in [3.63, 3.8) is 0 Å².